The number of carbonyl (C=O) groups is 1. The molecular weight excluding hydrogens is 304 g/mol. The van der Waals surface area contributed by atoms with Crippen LogP contribution >= 0.6 is 0 Å². The fraction of sp³-hybridized carbons (Fsp3) is 0.526. The van der Waals surface area contributed by atoms with Crippen molar-refractivity contribution in [2.45, 2.75) is 39.3 Å². The van der Waals surface area contributed by atoms with Gasteiger partial charge < -0.3 is 15.2 Å². The van der Waals surface area contributed by atoms with Crippen molar-refractivity contribution >= 4 is 5.91 Å². The molecule has 0 heterocycles. The molecule has 0 bridgehead atoms. The zero-order chi connectivity index (χ0) is 19.0. The van der Waals surface area contributed by atoms with Gasteiger partial charge in [0.25, 0.3) is 5.91 Å². The molecule has 0 radical (unpaired) electrons. The molecule has 138 valence electrons. The van der Waals surface area contributed by atoms with E-state index in [0.717, 1.165) is 11.5 Å². The van der Waals surface area contributed by atoms with Crippen molar-refractivity contribution in [2.75, 3.05) is 20.8 Å². The van der Waals surface area contributed by atoms with E-state index in [-0.39, 0.29) is 6.42 Å². The van der Waals surface area contributed by atoms with Gasteiger partial charge in [0.15, 0.2) is 5.72 Å². The lowest BCUT2D eigenvalue weighted by molar-refractivity contribution is -0.139. The number of aryl methyl sites for hydroxylation is 1. The molecule has 0 fully saturated rings. The van der Waals surface area contributed by atoms with Crippen LogP contribution in [0.5, 0.6) is 0 Å². The molecule has 1 unspecified atom stereocenters. The van der Waals surface area contributed by atoms with Crippen LogP contribution in [0.15, 0.2) is 43.0 Å². The second-order valence-corrected chi connectivity index (χ2v) is 6.05. The highest BCUT2D eigenvalue weighted by molar-refractivity contribution is 5.84. The van der Waals surface area contributed by atoms with E-state index in [2.05, 4.69) is 37.4 Å². The number of methoxy groups -OCH3 is 1. The van der Waals surface area contributed by atoms with Gasteiger partial charge in [-0.25, -0.2) is 0 Å². The highest BCUT2D eigenvalue weighted by Gasteiger charge is 2.29. The van der Waals surface area contributed by atoms with Gasteiger partial charge in [0.2, 0.25) is 0 Å². The molecule has 1 amide bonds. The first-order valence-electron chi connectivity index (χ1n) is 8.05. The molecule has 0 aliphatic carbocycles. The Morgan fingerprint density at radius 3 is 2.21 bits per heavy atom. The molecule has 4 N–H and O–H groups in total. The highest BCUT2D eigenvalue weighted by Crippen LogP contribution is 2.09. The van der Waals surface area contributed by atoms with Crippen LogP contribution in [0.25, 0.3) is 0 Å². The summed E-state index contributed by atoms with van der Waals surface area (Å²) in [4.78, 5) is 11.5. The number of carbonyl (C=O) groups excluding carboxylic acids is 1. The van der Waals surface area contributed by atoms with E-state index in [9.17, 15) is 9.90 Å². The zero-order valence-electron chi connectivity index (χ0n) is 15.7. The number of aliphatic hydroxyl groups is 1. The Kier molecular flexibility index (Phi) is 15.2. The highest BCUT2D eigenvalue weighted by atomic mass is 16.4. The Morgan fingerprint density at radius 1 is 1.33 bits per heavy atom. The summed E-state index contributed by atoms with van der Waals surface area (Å²) in [6.07, 6.45) is 2.26. The quantitative estimate of drug-likeness (QED) is 0.549. The largest absolute Gasteiger partial charge is 0.388 e. The van der Waals surface area contributed by atoms with Crippen LogP contribution in [0, 0.1) is 5.92 Å². The average Bonchev–Trinajstić information content (AvgIpc) is 2.52. The number of benzene rings is 1. The van der Waals surface area contributed by atoms with Crippen LogP contribution in [0.3, 0.4) is 0 Å². The van der Waals surface area contributed by atoms with Gasteiger partial charge in [-0.2, -0.15) is 0 Å². The van der Waals surface area contributed by atoms with Crippen molar-refractivity contribution in [2.24, 2.45) is 11.7 Å². The number of hydrogen-bond donors (Lipinski definition) is 3. The number of nitrogens with one attached hydrogen (secondary N) is 1. The van der Waals surface area contributed by atoms with E-state index in [1.165, 1.54) is 6.08 Å². The Morgan fingerprint density at radius 2 is 1.79 bits per heavy atom. The molecule has 1 aromatic carbocycles. The second kappa shape index (κ2) is 14.9. The summed E-state index contributed by atoms with van der Waals surface area (Å²) in [5.41, 5.74) is 4.76. The van der Waals surface area contributed by atoms with E-state index in [1.54, 1.807) is 14.2 Å². The molecule has 1 atom stereocenters. The molecule has 24 heavy (non-hydrogen) atoms. The van der Waals surface area contributed by atoms with Gasteiger partial charge in [-0.15, -0.1) is 6.58 Å². The molecule has 5 nitrogen and oxygen atoms in total. The fourth-order valence-corrected chi connectivity index (χ4v) is 1.41. The summed E-state index contributed by atoms with van der Waals surface area (Å²) < 4.78 is 4.25. The molecule has 5 heteroatoms. The van der Waals surface area contributed by atoms with Gasteiger partial charge in [-0.05, 0) is 17.9 Å². The van der Waals surface area contributed by atoms with Gasteiger partial charge >= 0.3 is 0 Å². The van der Waals surface area contributed by atoms with Crippen molar-refractivity contribution in [3.8, 4) is 0 Å². The van der Waals surface area contributed by atoms with Crippen molar-refractivity contribution in [1.29, 1.82) is 0 Å². The van der Waals surface area contributed by atoms with E-state index in [0.29, 0.717) is 13.0 Å². The zero-order valence-corrected chi connectivity index (χ0v) is 15.7. The van der Waals surface area contributed by atoms with Crippen LogP contribution in [0.2, 0.25) is 0 Å². The third kappa shape index (κ3) is 15.2. The van der Waals surface area contributed by atoms with E-state index >= 15 is 0 Å². The molecular formula is C19H34N2O3. The Bertz CT molecular complexity index is 429. The molecule has 0 aromatic heterocycles. The number of rotatable bonds is 6. The average molecular weight is 338 g/mol. The Balaban J connectivity index is 0. The van der Waals surface area contributed by atoms with Crippen LogP contribution < -0.4 is 11.1 Å². The fourth-order valence-electron chi connectivity index (χ4n) is 1.41. The molecule has 0 saturated carbocycles. The monoisotopic (exact) mass is 338 g/mol. The van der Waals surface area contributed by atoms with Gasteiger partial charge in [0, 0.05) is 27.2 Å². The van der Waals surface area contributed by atoms with Gasteiger partial charge in [-0.1, -0.05) is 57.2 Å². The van der Waals surface area contributed by atoms with E-state index in [1.807, 2.05) is 30.3 Å². The minimum absolute atomic E-state index is 0.181. The van der Waals surface area contributed by atoms with Gasteiger partial charge in [-0.3, -0.25) is 10.5 Å². The van der Waals surface area contributed by atoms with E-state index < -0.39 is 11.6 Å². The van der Waals surface area contributed by atoms with Crippen LogP contribution in [0.1, 0.15) is 32.8 Å². The van der Waals surface area contributed by atoms with Crippen molar-refractivity contribution < 1.29 is 14.6 Å². The van der Waals surface area contributed by atoms with Gasteiger partial charge in [0.1, 0.15) is 0 Å². The standard InChI is InChI=1S/C13H18N2O2.C4H10.C2H6O/c1-2-10-15-12(16)13(14,17)9-8-11-6-4-3-5-7-11;1-4(2)3;1-3-2/h2-7,17H,1,8-10,14H2,(H,15,16);4H,1-3H3;1-2H3. The third-order valence-corrected chi connectivity index (χ3v) is 2.44. The lowest BCUT2D eigenvalue weighted by Crippen LogP contribution is -2.54. The van der Waals surface area contributed by atoms with Crippen molar-refractivity contribution in [3.63, 3.8) is 0 Å². The Hall–Kier alpha value is -1.69. The molecule has 0 aliphatic heterocycles. The number of ether oxygens (including phenoxy) is 1. The summed E-state index contributed by atoms with van der Waals surface area (Å²) in [6.45, 7) is 10.3. The molecule has 1 aromatic rings. The number of amides is 1. The van der Waals surface area contributed by atoms with Crippen molar-refractivity contribution in [1.82, 2.24) is 5.32 Å². The SMILES string of the molecule is C=CCNC(=O)C(N)(O)CCc1ccccc1.CC(C)C.COC. The van der Waals surface area contributed by atoms with Crippen LogP contribution in [0.4, 0.5) is 0 Å². The summed E-state index contributed by atoms with van der Waals surface area (Å²) in [5.74, 6) is 0.258. The predicted octanol–water partition coefficient (Wildman–Crippen LogP) is 2.49. The lowest BCUT2D eigenvalue weighted by atomic mass is 10.0. The minimum Gasteiger partial charge on any atom is -0.388 e. The van der Waals surface area contributed by atoms with Crippen molar-refractivity contribution in [3.05, 3.63) is 48.6 Å². The molecule has 0 aliphatic rings. The van der Waals surface area contributed by atoms with Crippen LogP contribution in [-0.4, -0.2) is 37.5 Å². The number of hydrogen-bond acceptors (Lipinski definition) is 4. The first kappa shape index (κ1) is 24.6. The minimum atomic E-state index is -1.83. The summed E-state index contributed by atoms with van der Waals surface area (Å²) in [6, 6.07) is 9.58. The smallest absolute Gasteiger partial charge is 0.267 e. The van der Waals surface area contributed by atoms with E-state index in [4.69, 9.17) is 5.73 Å². The molecule has 1 rings (SSSR count). The first-order valence-corrected chi connectivity index (χ1v) is 8.05. The lowest BCUT2D eigenvalue weighted by Gasteiger charge is -2.21. The first-order chi connectivity index (χ1) is 11.2. The number of nitrogens with two attached hydrogens (primary N) is 1. The normalized spacial score (nSPS) is 12.0. The summed E-state index contributed by atoms with van der Waals surface area (Å²) in [7, 11) is 3.25. The summed E-state index contributed by atoms with van der Waals surface area (Å²) >= 11 is 0. The predicted molar refractivity (Wildman–Crippen MR) is 101 cm³/mol. The second-order valence-electron chi connectivity index (χ2n) is 6.05. The molecule has 0 spiro atoms. The summed E-state index contributed by atoms with van der Waals surface area (Å²) in [5, 5.41) is 12.3. The topological polar surface area (TPSA) is 84.6 Å². The third-order valence-electron chi connectivity index (χ3n) is 2.44. The maximum absolute atomic E-state index is 11.5. The maximum atomic E-state index is 11.5. The van der Waals surface area contributed by atoms with Crippen LogP contribution in [-0.2, 0) is 16.0 Å². The van der Waals surface area contributed by atoms with Gasteiger partial charge in [0.05, 0.1) is 0 Å². The Labute approximate surface area is 146 Å². The maximum Gasteiger partial charge on any atom is 0.267 e. The molecule has 0 saturated heterocycles.